The number of rotatable bonds is 12. The molecule has 302 valence electrons. The van der Waals surface area contributed by atoms with Gasteiger partial charge in [0.15, 0.2) is 5.58 Å². The van der Waals surface area contributed by atoms with Crippen molar-refractivity contribution < 1.29 is 37.3 Å². The van der Waals surface area contributed by atoms with Gasteiger partial charge >= 0.3 is 12.1 Å². The van der Waals surface area contributed by atoms with E-state index in [1.165, 1.54) is 19.3 Å². The first-order valence-electron chi connectivity index (χ1n) is 20.0. The van der Waals surface area contributed by atoms with Crippen LogP contribution in [-0.2, 0) is 23.9 Å². The number of nitriles is 1. The van der Waals surface area contributed by atoms with E-state index in [0.717, 1.165) is 90.0 Å². The van der Waals surface area contributed by atoms with Crippen molar-refractivity contribution in [2.45, 2.75) is 84.0 Å². The Hall–Kier alpha value is -5.44. The highest BCUT2D eigenvalue weighted by Gasteiger charge is 2.35. The van der Waals surface area contributed by atoms with Crippen LogP contribution in [0.1, 0.15) is 89.5 Å². The number of aromatic nitrogens is 1. The molecule has 5 aromatic rings. The zero-order chi connectivity index (χ0) is 41.1. The van der Waals surface area contributed by atoms with Crippen molar-refractivity contribution >= 4 is 29.2 Å². The third kappa shape index (κ3) is 8.83. The fourth-order valence-electron chi connectivity index (χ4n) is 8.80. The van der Waals surface area contributed by atoms with Gasteiger partial charge in [-0.1, -0.05) is 61.7 Å². The second-order valence-electron chi connectivity index (χ2n) is 15.8. The lowest BCUT2D eigenvalue weighted by Crippen LogP contribution is -2.22. The fourth-order valence-corrected chi connectivity index (χ4v) is 8.80. The Morgan fingerprint density at radius 3 is 2.47 bits per heavy atom. The molecule has 3 atom stereocenters. The lowest BCUT2D eigenvalue weighted by atomic mass is 9.79. The number of hydrogen-bond acceptors (Lipinski definition) is 7. The highest BCUT2D eigenvalue weighted by Crippen LogP contribution is 2.40. The van der Waals surface area contributed by atoms with E-state index in [1.54, 1.807) is 6.08 Å². The summed E-state index contributed by atoms with van der Waals surface area (Å²) >= 11 is 0. The predicted molar refractivity (Wildman–Crippen MR) is 218 cm³/mol. The molecule has 0 amide bonds. The molecule has 58 heavy (non-hydrogen) atoms. The molecule has 0 radical (unpaired) electrons. The maximum absolute atomic E-state index is 14.5. The number of methoxy groups -OCH3 is 1. The Kier molecular flexibility index (Phi) is 12.1. The number of carbonyl (C=O) groups is 1. The van der Waals surface area contributed by atoms with Gasteiger partial charge in [0, 0.05) is 30.8 Å². The van der Waals surface area contributed by atoms with Gasteiger partial charge in [0.1, 0.15) is 17.3 Å². The molecule has 11 heteroatoms. The van der Waals surface area contributed by atoms with Gasteiger partial charge in [-0.25, -0.2) is 4.98 Å². The first kappa shape index (κ1) is 40.7. The summed E-state index contributed by atoms with van der Waals surface area (Å²) < 4.78 is 55.2. The number of ether oxygens (including phenoxy) is 1. The molecule has 0 spiro atoms. The van der Waals surface area contributed by atoms with Gasteiger partial charge in [0.05, 0.1) is 30.3 Å². The molecular formula is C47H48F3N3O5. The van der Waals surface area contributed by atoms with Crippen LogP contribution in [0.2, 0.25) is 0 Å². The molecule has 4 aromatic carbocycles. The molecule has 7 rings (SSSR count). The number of oxazole rings is 1. The number of benzene rings is 4. The van der Waals surface area contributed by atoms with Crippen molar-refractivity contribution in [2.24, 2.45) is 11.8 Å². The van der Waals surface area contributed by atoms with E-state index in [1.807, 2.05) is 67.3 Å². The van der Waals surface area contributed by atoms with Gasteiger partial charge < -0.3 is 19.4 Å². The zero-order valence-corrected chi connectivity index (χ0v) is 33.0. The number of aliphatic hydroxyl groups is 1. The average Bonchev–Trinajstić information content (AvgIpc) is 3.82. The standard InChI is InChI=1S/C47H48F3N3O5/c1-28-32(16-17-33-24-43(57-3)36(23-41(33)47(48,49)50)26-53-19-18-37(54)27-53)11-6-13-38(28)39-14-7-15-40(29(39)2)45-52-42-22-31(21-35(25-51)44(42)58-45)10-4-8-30-9-5-12-34(20-30)46(55)56/h6-7,11,13-17,21-24,30,34,37,54H,4-5,8-10,12,18-20,26-27H2,1-3H3,(H,55,56)/b17-16+/t30?,34-,37+/m1/s1. The lowest BCUT2D eigenvalue weighted by Gasteiger charge is -2.26. The van der Waals surface area contributed by atoms with Crippen LogP contribution in [-0.4, -0.2) is 52.4 Å². The molecule has 2 N–H and O–H groups in total. The van der Waals surface area contributed by atoms with Gasteiger partial charge in [-0.15, -0.1) is 0 Å². The second-order valence-corrected chi connectivity index (χ2v) is 15.8. The molecule has 1 aliphatic carbocycles. The van der Waals surface area contributed by atoms with Crippen molar-refractivity contribution in [2.75, 3.05) is 20.2 Å². The Balaban J connectivity index is 1.14. The van der Waals surface area contributed by atoms with E-state index in [-0.39, 0.29) is 18.0 Å². The number of aryl methyl sites for hydroxylation is 1. The monoisotopic (exact) mass is 791 g/mol. The zero-order valence-electron chi connectivity index (χ0n) is 33.0. The van der Waals surface area contributed by atoms with E-state index in [4.69, 9.17) is 14.1 Å². The maximum atomic E-state index is 14.5. The number of nitrogens with zero attached hydrogens (tertiary/aromatic N) is 3. The maximum Gasteiger partial charge on any atom is 0.417 e. The molecule has 2 fully saturated rings. The van der Waals surface area contributed by atoms with E-state index in [0.29, 0.717) is 59.3 Å². The first-order valence-corrected chi connectivity index (χ1v) is 20.0. The summed E-state index contributed by atoms with van der Waals surface area (Å²) in [5.41, 5.74) is 7.17. The molecule has 0 bridgehead atoms. The topological polar surface area (TPSA) is 120 Å². The average molecular weight is 792 g/mol. The third-order valence-electron chi connectivity index (χ3n) is 12.0. The largest absolute Gasteiger partial charge is 0.496 e. The number of β-amino-alcohol motifs (C(OH)–C–C–N with tert-alkyl or cyclic N) is 1. The quantitative estimate of drug-likeness (QED) is 0.120. The number of halogens is 3. The molecule has 1 unspecified atom stereocenters. The normalized spacial score (nSPS) is 18.9. The molecular weight excluding hydrogens is 744 g/mol. The van der Waals surface area contributed by atoms with Crippen molar-refractivity contribution in [3.63, 3.8) is 0 Å². The van der Waals surface area contributed by atoms with Crippen molar-refractivity contribution in [3.05, 3.63) is 105 Å². The minimum absolute atomic E-state index is 0.00788. The summed E-state index contributed by atoms with van der Waals surface area (Å²) in [4.78, 5) is 18.3. The Morgan fingerprint density at radius 1 is 1.02 bits per heavy atom. The number of hydrogen-bond donors (Lipinski definition) is 2. The van der Waals surface area contributed by atoms with Crippen LogP contribution in [0.3, 0.4) is 0 Å². The number of alkyl halides is 3. The van der Waals surface area contributed by atoms with Crippen molar-refractivity contribution in [1.29, 1.82) is 5.26 Å². The number of carboxylic acid groups (broad SMARTS) is 1. The summed E-state index contributed by atoms with van der Waals surface area (Å²) in [5.74, 6) is 0.189. The Morgan fingerprint density at radius 2 is 1.76 bits per heavy atom. The van der Waals surface area contributed by atoms with E-state index >= 15 is 0 Å². The minimum atomic E-state index is -4.59. The van der Waals surface area contributed by atoms with Crippen molar-refractivity contribution in [1.82, 2.24) is 9.88 Å². The van der Waals surface area contributed by atoms with Gasteiger partial charge in [-0.3, -0.25) is 9.69 Å². The molecule has 8 nitrogen and oxygen atoms in total. The number of carboxylic acids is 1. The molecule has 2 heterocycles. The highest BCUT2D eigenvalue weighted by molar-refractivity contribution is 5.85. The SMILES string of the molecule is COc1cc(/C=C/c2cccc(-c3cccc(-c4nc5cc(CCCC6CCC[C@@H](C(=O)O)C6)cc(C#N)c5o4)c3C)c2C)c(C(F)(F)F)cc1CN1CC[C@H](O)C1. The van der Waals surface area contributed by atoms with E-state index < -0.39 is 23.8 Å². The molecule has 1 aromatic heterocycles. The van der Waals surface area contributed by atoms with E-state index in [2.05, 4.69) is 6.07 Å². The van der Waals surface area contributed by atoms with E-state index in [9.17, 15) is 33.4 Å². The minimum Gasteiger partial charge on any atom is -0.496 e. The molecule has 1 saturated carbocycles. The summed E-state index contributed by atoms with van der Waals surface area (Å²) in [6.07, 6.45) is 4.74. The van der Waals surface area contributed by atoms with Gasteiger partial charge in [0.2, 0.25) is 5.89 Å². The lowest BCUT2D eigenvalue weighted by molar-refractivity contribution is -0.143. The van der Waals surface area contributed by atoms with Crippen LogP contribution in [0, 0.1) is 37.0 Å². The van der Waals surface area contributed by atoms with Gasteiger partial charge in [-0.05, 0) is 121 Å². The summed E-state index contributed by atoms with van der Waals surface area (Å²) in [6.45, 7) is 5.17. The third-order valence-corrected chi connectivity index (χ3v) is 12.0. The van der Waals surface area contributed by atoms with Crippen molar-refractivity contribution in [3.8, 4) is 34.4 Å². The van der Waals surface area contributed by atoms with Crippen LogP contribution in [0.5, 0.6) is 5.75 Å². The Bertz CT molecular complexity index is 2390. The smallest absolute Gasteiger partial charge is 0.417 e. The first-order chi connectivity index (χ1) is 27.8. The fraction of sp³-hybridized carbons (Fsp3) is 0.383. The van der Waals surface area contributed by atoms with Crippen LogP contribution in [0.4, 0.5) is 13.2 Å². The van der Waals surface area contributed by atoms with Gasteiger partial charge in [0.25, 0.3) is 0 Å². The van der Waals surface area contributed by atoms with Crippen LogP contribution < -0.4 is 4.74 Å². The summed E-state index contributed by atoms with van der Waals surface area (Å²) in [5, 5.41) is 29.5. The number of aliphatic hydroxyl groups excluding tert-OH is 1. The summed E-state index contributed by atoms with van der Waals surface area (Å²) in [7, 11) is 1.45. The molecule has 2 aliphatic rings. The predicted octanol–water partition coefficient (Wildman–Crippen LogP) is 10.6. The van der Waals surface area contributed by atoms with Crippen LogP contribution in [0.15, 0.2) is 65.1 Å². The van der Waals surface area contributed by atoms with Crippen LogP contribution in [0.25, 0.3) is 45.8 Å². The number of aliphatic carboxylic acids is 1. The highest BCUT2D eigenvalue weighted by atomic mass is 19.4. The van der Waals surface area contributed by atoms with Gasteiger partial charge in [-0.2, -0.15) is 18.4 Å². The summed E-state index contributed by atoms with van der Waals surface area (Å²) in [6, 6.07) is 20.2. The second kappa shape index (κ2) is 17.2. The molecule has 1 saturated heterocycles. The number of likely N-dealkylation sites (tertiary alicyclic amines) is 1. The Labute approximate surface area is 336 Å². The molecule has 1 aliphatic heterocycles. The number of fused-ring (bicyclic) bond motifs is 1. The van der Waals surface area contributed by atoms with Crippen LogP contribution >= 0.6 is 0 Å².